The SMILES string of the molecule is O=[N+]([O-])C12CCCCCC1O2. The minimum atomic E-state index is -0.948. The Hall–Kier alpha value is -0.640. The Balaban J connectivity index is 2.10. The molecule has 1 aliphatic carbocycles. The fraction of sp³-hybridized carbons (Fsp3) is 1.00. The second-order valence-corrected chi connectivity index (χ2v) is 3.31. The largest absolute Gasteiger partial charge is 0.351 e. The molecule has 11 heavy (non-hydrogen) atoms. The van der Waals surface area contributed by atoms with E-state index in [0.717, 1.165) is 25.7 Å². The van der Waals surface area contributed by atoms with Crippen LogP contribution in [0, 0.1) is 10.1 Å². The molecule has 1 heterocycles. The van der Waals surface area contributed by atoms with Crippen LogP contribution < -0.4 is 0 Å². The van der Waals surface area contributed by atoms with Crippen LogP contribution in [0.2, 0.25) is 0 Å². The highest BCUT2D eigenvalue weighted by Gasteiger charge is 2.68. The first-order chi connectivity index (χ1) is 5.26. The lowest BCUT2D eigenvalue weighted by Crippen LogP contribution is -2.25. The van der Waals surface area contributed by atoms with Crippen molar-refractivity contribution in [3.05, 3.63) is 10.1 Å². The van der Waals surface area contributed by atoms with Gasteiger partial charge in [-0.15, -0.1) is 0 Å². The van der Waals surface area contributed by atoms with Crippen molar-refractivity contribution < 1.29 is 9.66 Å². The molecule has 0 radical (unpaired) electrons. The summed E-state index contributed by atoms with van der Waals surface area (Å²) in [5, 5.41) is 10.6. The Bertz CT molecular complexity index is 194. The predicted molar refractivity (Wildman–Crippen MR) is 37.7 cm³/mol. The number of rotatable bonds is 1. The van der Waals surface area contributed by atoms with Gasteiger partial charge in [0.2, 0.25) is 0 Å². The Morgan fingerprint density at radius 3 is 3.00 bits per heavy atom. The van der Waals surface area contributed by atoms with E-state index in [4.69, 9.17) is 4.74 Å². The first-order valence-corrected chi connectivity index (χ1v) is 4.08. The Labute approximate surface area is 64.7 Å². The van der Waals surface area contributed by atoms with Crippen LogP contribution in [-0.2, 0) is 4.74 Å². The number of nitrogens with zero attached hydrogens (tertiary/aromatic N) is 1. The van der Waals surface area contributed by atoms with Gasteiger partial charge in [-0.2, -0.15) is 0 Å². The number of fused-ring (bicyclic) bond motifs is 1. The van der Waals surface area contributed by atoms with Crippen LogP contribution in [0.3, 0.4) is 0 Å². The molecular weight excluding hydrogens is 146 g/mol. The average Bonchev–Trinajstić information content (AvgIpc) is 2.57. The summed E-state index contributed by atoms with van der Waals surface area (Å²) in [5.74, 6) is 0. The number of ether oxygens (including phenoxy) is 1. The molecule has 1 aliphatic heterocycles. The molecule has 1 saturated heterocycles. The first-order valence-electron chi connectivity index (χ1n) is 4.08. The van der Waals surface area contributed by atoms with Gasteiger partial charge >= 0.3 is 5.72 Å². The summed E-state index contributed by atoms with van der Waals surface area (Å²) in [6, 6.07) is 0. The summed E-state index contributed by atoms with van der Waals surface area (Å²) in [7, 11) is 0. The normalized spacial score (nSPS) is 42.4. The molecule has 2 fully saturated rings. The second kappa shape index (κ2) is 2.17. The van der Waals surface area contributed by atoms with E-state index in [2.05, 4.69) is 0 Å². The number of hydrogen-bond donors (Lipinski definition) is 0. The molecule has 0 aromatic heterocycles. The van der Waals surface area contributed by atoms with E-state index in [1.54, 1.807) is 0 Å². The molecule has 2 aliphatic rings. The summed E-state index contributed by atoms with van der Waals surface area (Å²) in [5.41, 5.74) is -0.948. The molecule has 0 N–H and O–H groups in total. The van der Waals surface area contributed by atoms with E-state index in [1.165, 1.54) is 0 Å². The molecule has 2 atom stereocenters. The van der Waals surface area contributed by atoms with Crippen molar-refractivity contribution in [3.8, 4) is 0 Å². The first kappa shape index (κ1) is 7.03. The maximum Gasteiger partial charge on any atom is 0.351 e. The van der Waals surface area contributed by atoms with Crippen LogP contribution in [0.5, 0.6) is 0 Å². The van der Waals surface area contributed by atoms with Gasteiger partial charge in [-0.05, 0) is 12.8 Å². The van der Waals surface area contributed by atoms with Gasteiger partial charge in [0.05, 0.1) is 4.92 Å². The second-order valence-electron chi connectivity index (χ2n) is 3.31. The zero-order chi connectivity index (χ0) is 7.90. The third kappa shape index (κ3) is 0.929. The molecule has 1 saturated carbocycles. The molecule has 0 bridgehead atoms. The van der Waals surface area contributed by atoms with Crippen LogP contribution in [0.15, 0.2) is 0 Å². The molecule has 0 spiro atoms. The van der Waals surface area contributed by atoms with Gasteiger partial charge in [-0.1, -0.05) is 12.8 Å². The lowest BCUT2D eigenvalue weighted by molar-refractivity contribution is -0.564. The van der Waals surface area contributed by atoms with Crippen molar-refractivity contribution in [2.75, 3.05) is 0 Å². The fourth-order valence-electron chi connectivity index (χ4n) is 1.85. The molecular formula is C7H11NO3. The number of epoxide rings is 1. The molecule has 0 aromatic carbocycles. The highest BCUT2D eigenvalue weighted by molar-refractivity contribution is 4.95. The maximum absolute atomic E-state index is 10.6. The van der Waals surface area contributed by atoms with Gasteiger partial charge in [-0.3, -0.25) is 14.9 Å². The zero-order valence-corrected chi connectivity index (χ0v) is 6.28. The molecule has 4 heteroatoms. The Morgan fingerprint density at radius 1 is 1.45 bits per heavy atom. The zero-order valence-electron chi connectivity index (χ0n) is 6.28. The van der Waals surface area contributed by atoms with Gasteiger partial charge in [0.15, 0.2) is 6.10 Å². The van der Waals surface area contributed by atoms with Crippen molar-refractivity contribution in [1.29, 1.82) is 0 Å². The summed E-state index contributed by atoms with van der Waals surface area (Å²) >= 11 is 0. The maximum atomic E-state index is 10.6. The van der Waals surface area contributed by atoms with Gasteiger partial charge in [-0.25, -0.2) is 0 Å². The van der Waals surface area contributed by atoms with Gasteiger partial charge in [0, 0.05) is 6.42 Å². The van der Waals surface area contributed by atoms with E-state index < -0.39 is 5.72 Å². The third-order valence-corrected chi connectivity index (χ3v) is 2.60. The van der Waals surface area contributed by atoms with Gasteiger partial charge in [0.25, 0.3) is 0 Å². The van der Waals surface area contributed by atoms with E-state index >= 15 is 0 Å². The minimum Gasteiger partial charge on any atom is -0.299 e. The quantitative estimate of drug-likeness (QED) is 0.327. The monoisotopic (exact) mass is 157 g/mol. The smallest absolute Gasteiger partial charge is 0.299 e. The van der Waals surface area contributed by atoms with Crippen molar-refractivity contribution in [2.24, 2.45) is 0 Å². The van der Waals surface area contributed by atoms with Crippen LogP contribution in [-0.4, -0.2) is 16.8 Å². The topological polar surface area (TPSA) is 55.7 Å². The third-order valence-electron chi connectivity index (χ3n) is 2.60. The Morgan fingerprint density at radius 2 is 2.27 bits per heavy atom. The number of hydrogen-bond acceptors (Lipinski definition) is 3. The lowest BCUT2D eigenvalue weighted by atomic mass is 10.1. The standard InChI is InChI=1S/C7H11NO3/c9-8(10)7-5-3-1-2-4-6(7)11-7/h6H,1-5H2. The lowest BCUT2D eigenvalue weighted by Gasteiger charge is -1.99. The van der Waals surface area contributed by atoms with E-state index in [0.29, 0.717) is 6.42 Å². The van der Waals surface area contributed by atoms with Crippen LogP contribution in [0.4, 0.5) is 0 Å². The molecule has 62 valence electrons. The number of nitro groups is 1. The summed E-state index contributed by atoms with van der Waals surface area (Å²) in [6.07, 6.45) is 4.57. The molecule has 2 rings (SSSR count). The molecule has 2 unspecified atom stereocenters. The molecule has 0 aromatic rings. The highest BCUT2D eigenvalue weighted by Crippen LogP contribution is 2.46. The van der Waals surface area contributed by atoms with Crippen molar-refractivity contribution in [1.82, 2.24) is 0 Å². The van der Waals surface area contributed by atoms with Crippen molar-refractivity contribution in [2.45, 2.75) is 43.9 Å². The summed E-state index contributed by atoms with van der Waals surface area (Å²) in [4.78, 5) is 10.3. The van der Waals surface area contributed by atoms with Crippen LogP contribution in [0.1, 0.15) is 32.1 Å². The minimum absolute atomic E-state index is 0.0694. The van der Waals surface area contributed by atoms with Crippen molar-refractivity contribution in [3.63, 3.8) is 0 Å². The van der Waals surface area contributed by atoms with Crippen molar-refractivity contribution >= 4 is 0 Å². The van der Waals surface area contributed by atoms with Crippen LogP contribution in [0.25, 0.3) is 0 Å². The van der Waals surface area contributed by atoms with Crippen LogP contribution >= 0.6 is 0 Å². The summed E-state index contributed by atoms with van der Waals surface area (Å²) in [6.45, 7) is 0. The predicted octanol–water partition coefficient (Wildman–Crippen LogP) is 1.32. The summed E-state index contributed by atoms with van der Waals surface area (Å²) < 4.78 is 5.11. The fourth-order valence-corrected chi connectivity index (χ4v) is 1.85. The average molecular weight is 157 g/mol. The van der Waals surface area contributed by atoms with E-state index in [1.807, 2.05) is 0 Å². The van der Waals surface area contributed by atoms with Gasteiger partial charge < -0.3 is 0 Å². The molecule has 4 nitrogen and oxygen atoms in total. The Kier molecular flexibility index (Phi) is 1.39. The van der Waals surface area contributed by atoms with E-state index in [9.17, 15) is 10.1 Å². The highest BCUT2D eigenvalue weighted by atomic mass is 16.7. The van der Waals surface area contributed by atoms with Gasteiger partial charge in [0.1, 0.15) is 0 Å². The molecule has 0 amide bonds. The van der Waals surface area contributed by atoms with E-state index in [-0.39, 0.29) is 11.0 Å².